The van der Waals surface area contributed by atoms with Crippen LogP contribution in [-0.4, -0.2) is 73.9 Å². The number of nitrogens with one attached hydrogen (secondary N) is 2. The van der Waals surface area contributed by atoms with E-state index >= 15 is 0 Å². The van der Waals surface area contributed by atoms with E-state index in [-0.39, 0.29) is 23.3 Å². The fourth-order valence-corrected chi connectivity index (χ4v) is 7.80. The zero-order chi connectivity index (χ0) is 28.9. The van der Waals surface area contributed by atoms with Gasteiger partial charge in [0.15, 0.2) is 11.9 Å². The molecule has 2 fully saturated rings. The van der Waals surface area contributed by atoms with Crippen LogP contribution >= 0.6 is 0 Å². The van der Waals surface area contributed by atoms with Crippen LogP contribution in [0.15, 0.2) is 42.6 Å². The van der Waals surface area contributed by atoms with Crippen molar-refractivity contribution in [2.45, 2.75) is 55.3 Å². The Morgan fingerprint density at radius 3 is 2.68 bits per heavy atom. The van der Waals surface area contributed by atoms with Gasteiger partial charge in [0, 0.05) is 37.9 Å². The Hall–Kier alpha value is -4.02. The Morgan fingerprint density at radius 2 is 1.98 bits per heavy atom. The number of Topliss-reactive ketones (excluding diaryl/α,β-unsaturated/α-hetero) is 1. The molecule has 2 heterocycles. The number of piperidine rings is 1. The van der Waals surface area contributed by atoms with Crippen molar-refractivity contribution >= 4 is 29.6 Å². The number of carbonyl (C=O) groups excluding carboxylic acids is 4. The third-order valence-electron chi connectivity index (χ3n) is 9.64. The molecule has 4 unspecified atom stereocenters. The van der Waals surface area contributed by atoms with E-state index < -0.39 is 23.0 Å². The largest absolute Gasteiger partial charge is 0.480 e. The predicted octanol–water partition coefficient (Wildman–Crippen LogP) is 1.24. The molecule has 4 atom stereocenters. The summed E-state index contributed by atoms with van der Waals surface area (Å²) in [5.74, 6) is -0.293. The molecule has 2 aliphatic carbocycles. The van der Waals surface area contributed by atoms with E-state index in [0.29, 0.717) is 49.1 Å². The fraction of sp³-hybridized carbons (Fsp3) is 0.419. The molecule has 4 N–H and O–H groups in total. The summed E-state index contributed by atoms with van der Waals surface area (Å²) in [4.78, 5) is 51.4. The number of likely N-dealkylation sites (N-methyl/N-ethyl adjacent to an activating group) is 1. The summed E-state index contributed by atoms with van der Waals surface area (Å²) in [6.45, 7) is 1.21. The summed E-state index contributed by atoms with van der Waals surface area (Å²) in [5, 5.41) is 5.35. The van der Waals surface area contributed by atoms with E-state index in [1.165, 1.54) is 6.20 Å². The van der Waals surface area contributed by atoms with Crippen LogP contribution in [0, 0.1) is 0 Å². The predicted molar refractivity (Wildman–Crippen MR) is 150 cm³/mol. The van der Waals surface area contributed by atoms with Gasteiger partial charge in [-0.3, -0.25) is 19.2 Å². The molecule has 0 radical (unpaired) electrons. The van der Waals surface area contributed by atoms with Crippen molar-refractivity contribution in [2.24, 2.45) is 5.73 Å². The first-order valence-corrected chi connectivity index (χ1v) is 14.0. The molecule has 1 saturated heterocycles. The average molecular weight is 559 g/mol. The number of primary amides is 1. The number of hydrogen-bond acceptors (Lipinski definition) is 7. The number of methoxy groups -OCH3 is 1. The zero-order valence-corrected chi connectivity index (χ0v) is 23.2. The lowest BCUT2D eigenvalue weighted by Crippen LogP contribution is -2.76. The number of likely N-dealkylation sites (tertiary alicyclic amines) is 1. The molecule has 1 spiro atoms. The van der Waals surface area contributed by atoms with Crippen LogP contribution in [0.25, 0.3) is 5.57 Å². The van der Waals surface area contributed by atoms with Gasteiger partial charge in [-0.05, 0) is 62.0 Å². The van der Waals surface area contributed by atoms with E-state index in [9.17, 15) is 19.2 Å². The Balaban J connectivity index is 1.23. The molecular weight excluding hydrogens is 524 g/mol. The Morgan fingerprint density at radius 1 is 1.20 bits per heavy atom. The number of amides is 3. The Kier molecular flexibility index (Phi) is 6.70. The molecule has 3 amide bonds. The minimum absolute atomic E-state index is 0.0797. The maximum Gasteiger partial charge on any atom is 0.255 e. The normalized spacial score (nSPS) is 28.0. The van der Waals surface area contributed by atoms with Gasteiger partial charge in [-0.15, -0.1) is 0 Å². The summed E-state index contributed by atoms with van der Waals surface area (Å²) in [7, 11) is 3.87. The quantitative estimate of drug-likeness (QED) is 0.311. The Bertz CT molecular complexity index is 1470. The number of ketones is 1. The minimum atomic E-state index is -0.653. The van der Waals surface area contributed by atoms with Gasteiger partial charge < -0.3 is 30.7 Å². The standard InChI is InChI=1S/C31H34N4O6/c1-35-14-12-30-25-20-7-8-21(26(25)41-27(30)23(37)9-11-31(30,40-2)24(35)15-20)29(39)34-13-10-18-3-5-19(6-4-18)22(28(32)38)16-33-17-36/h3-8,16-17,24,27H,9-15H2,1-2H3,(H2,32,38)(H,33,36)(H,34,39). The minimum Gasteiger partial charge on any atom is -0.480 e. The lowest BCUT2D eigenvalue weighted by molar-refractivity contribution is -0.198. The van der Waals surface area contributed by atoms with Crippen LogP contribution in [0.2, 0.25) is 0 Å². The van der Waals surface area contributed by atoms with E-state index in [4.69, 9.17) is 15.2 Å². The van der Waals surface area contributed by atoms with Crippen molar-refractivity contribution in [3.05, 3.63) is 70.4 Å². The SMILES string of the molecule is COC12CCC(=O)C3Oc4c(C(=O)NCCc5ccc(C(=CNC=O)C(N)=O)cc5)ccc5c4C31CCN(C)C2C5. The molecule has 214 valence electrons. The van der Waals surface area contributed by atoms with Crippen molar-refractivity contribution in [1.29, 1.82) is 0 Å². The van der Waals surface area contributed by atoms with Gasteiger partial charge in [0.25, 0.3) is 11.8 Å². The van der Waals surface area contributed by atoms with Gasteiger partial charge in [0.05, 0.1) is 22.2 Å². The summed E-state index contributed by atoms with van der Waals surface area (Å²) >= 11 is 0. The molecule has 6 rings (SSSR count). The first-order chi connectivity index (χ1) is 19.8. The number of carbonyl (C=O) groups is 4. The van der Waals surface area contributed by atoms with Gasteiger partial charge in [0.1, 0.15) is 5.75 Å². The molecule has 41 heavy (non-hydrogen) atoms. The van der Waals surface area contributed by atoms with E-state index in [1.807, 2.05) is 24.3 Å². The van der Waals surface area contributed by atoms with Gasteiger partial charge in [-0.1, -0.05) is 30.3 Å². The number of nitrogens with two attached hydrogens (primary N) is 1. The second kappa shape index (κ2) is 10.1. The van der Waals surface area contributed by atoms with Crippen molar-refractivity contribution in [3.63, 3.8) is 0 Å². The number of hydrogen-bond donors (Lipinski definition) is 3. The topological polar surface area (TPSA) is 140 Å². The third-order valence-corrected chi connectivity index (χ3v) is 9.64. The molecule has 2 aliphatic heterocycles. The second-order valence-corrected chi connectivity index (χ2v) is 11.4. The highest BCUT2D eigenvalue weighted by atomic mass is 16.5. The molecule has 0 aromatic heterocycles. The number of ether oxygens (including phenoxy) is 2. The van der Waals surface area contributed by atoms with E-state index in [2.05, 4.69) is 22.6 Å². The lowest BCUT2D eigenvalue weighted by atomic mass is 9.49. The second-order valence-electron chi connectivity index (χ2n) is 11.4. The van der Waals surface area contributed by atoms with Crippen LogP contribution < -0.4 is 21.1 Å². The third kappa shape index (κ3) is 3.92. The molecule has 2 aromatic rings. The molecule has 10 heteroatoms. The average Bonchev–Trinajstić information content (AvgIpc) is 3.33. The van der Waals surface area contributed by atoms with Gasteiger partial charge in [-0.2, -0.15) is 0 Å². The highest BCUT2D eigenvalue weighted by molar-refractivity contribution is 6.18. The zero-order valence-electron chi connectivity index (χ0n) is 23.2. The van der Waals surface area contributed by atoms with Crippen molar-refractivity contribution < 1.29 is 28.7 Å². The van der Waals surface area contributed by atoms with E-state index in [1.54, 1.807) is 19.2 Å². The lowest BCUT2D eigenvalue weighted by Gasteiger charge is -2.63. The summed E-state index contributed by atoms with van der Waals surface area (Å²) < 4.78 is 12.8. The van der Waals surface area contributed by atoms with Crippen LogP contribution in [0.1, 0.15) is 51.9 Å². The number of rotatable bonds is 9. The fourth-order valence-electron chi connectivity index (χ4n) is 7.80. The highest BCUT2D eigenvalue weighted by Gasteiger charge is 2.73. The molecule has 1 saturated carbocycles. The highest BCUT2D eigenvalue weighted by Crippen LogP contribution is 2.64. The van der Waals surface area contributed by atoms with Crippen LogP contribution in [-0.2, 0) is 37.4 Å². The molecular formula is C31H34N4O6. The number of benzene rings is 2. The van der Waals surface area contributed by atoms with Gasteiger partial charge in [0.2, 0.25) is 6.41 Å². The molecule has 2 aromatic carbocycles. The first-order valence-electron chi connectivity index (χ1n) is 14.0. The van der Waals surface area contributed by atoms with Crippen molar-refractivity contribution in [3.8, 4) is 5.75 Å². The van der Waals surface area contributed by atoms with Gasteiger partial charge in [-0.25, -0.2) is 0 Å². The van der Waals surface area contributed by atoms with Crippen LogP contribution in [0.4, 0.5) is 0 Å². The monoisotopic (exact) mass is 558 g/mol. The molecule has 10 nitrogen and oxygen atoms in total. The number of nitrogens with zero attached hydrogens (tertiary/aromatic N) is 1. The maximum absolute atomic E-state index is 13.5. The summed E-state index contributed by atoms with van der Waals surface area (Å²) in [5.41, 5.74) is 8.58. The summed E-state index contributed by atoms with van der Waals surface area (Å²) in [6.07, 6.45) is 4.22. The van der Waals surface area contributed by atoms with Crippen molar-refractivity contribution in [2.75, 3.05) is 27.2 Å². The Labute approximate surface area is 238 Å². The maximum atomic E-state index is 13.5. The van der Waals surface area contributed by atoms with Crippen LogP contribution in [0.3, 0.4) is 0 Å². The molecule has 4 aliphatic rings. The van der Waals surface area contributed by atoms with Crippen molar-refractivity contribution in [1.82, 2.24) is 15.5 Å². The molecule has 2 bridgehead atoms. The van der Waals surface area contributed by atoms with E-state index in [0.717, 1.165) is 36.1 Å². The smallest absolute Gasteiger partial charge is 0.255 e. The van der Waals surface area contributed by atoms with Crippen LogP contribution in [0.5, 0.6) is 5.75 Å². The van der Waals surface area contributed by atoms with Gasteiger partial charge >= 0.3 is 0 Å². The summed E-state index contributed by atoms with van der Waals surface area (Å²) in [6, 6.07) is 11.2. The first kappa shape index (κ1) is 27.2.